The van der Waals surface area contributed by atoms with E-state index in [1.165, 1.54) is 6.92 Å². The molecule has 0 aliphatic carbocycles. The van der Waals surface area contributed by atoms with Gasteiger partial charge >= 0.3 is 0 Å². The minimum absolute atomic E-state index is 0.0447. The Bertz CT molecular complexity index is 626. The fourth-order valence-corrected chi connectivity index (χ4v) is 1.85. The van der Waals surface area contributed by atoms with Crippen molar-refractivity contribution in [2.75, 3.05) is 18.2 Å². The average Bonchev–Trinajstić information content (AvgIpc) is 2.46. The van der Waals surface area contributed by atoms with E-state index in [0.717, 1.165) is 11.3 Å². The maximum absolute atomic E-state index is 11.4. The number of hydrogen-bond acceptors (Lipinski definition) is 5. The van der Waals surface area contributed by atoms with Crippen LogP contribution in [-0.2, 0) is 6.54 Å². The van der Waals surface area contributed by atoms with E-state index in [9.17, 15) is 4.79 Å². The lowest BCUT2D eigenvalue weighted by Gasteiger charge is -2.10. The van der Waals surface area contributed by atoms with Crippen molar-refractivity contribution in [3.05, 3.63) is 47.7 Å². The summed E-state index contributed by atoms with van der Waals surface area (Å²) in [5.41, 5.74) is 8.67. The lowest BCUT2D eigenvalue weighted by molar-refractivity contribution is 0.101. The smallest absolute Gasteiger partial charge is 0.213 e. The van der Waals surface area contributed by atoms with Gasteiger partial charge in [0.05, 0.1) is 7.11 Å². The van der Waals surface area contributed by atoms with Crippen molar-refractivity contribution in [3.63, 3.8) is 0 Å². The van der Waals surface area contributed by atoms with E-state index in [2.05, 4.69) is 10.3 Å². The average molecular weight is 271 g/mol. The molecule has 1 aromatic heterocycles. The van der Waals surface area contributed by atoms with Crippen molar-refractivity contribution in [1.82, 2.24) is 4.98 Å². The first-order chi connectivity index (χ1) is 9.60. The summed E-state index contributed by atoms with van der Waals surface area (Å²) in [6, 6.07) is 9.09. The lowest BCUT2D eigenvalue weighted by atomic mass is 10.1. The Morgan fingerprint density at radius 2 is 2.15 bits per heavy atom. The third-order valence-electron chi connectivity index (χ3n) is 2.94. The second kappa shape index (κ2) is 6.06. The van der Waals surface area contributed by atoms with Gasteiger partial charge < -0.3 is 15.8 Å². The minimum atomic E-state index is -0.0447. The van der Waals surface area contributed by atoms with Gasteiger partial charge in [-0.05, 0) is 36.8 Å². The van der Waals surface area contributed by atoms with Crippen LogP contribution in [0.4, 0.5) is 11.4 Å². The molecule has 1 heterocycles. The van der Waals surface area contributed by atoms with Gasteiger partial charge in [0.15, 0.2) is 5.78 Å². The quantitative estimate of drug-likeness (QED) is 0.645. The maximum atomic E-state index is 11.4. The number of hydrogen-bond donors (Lipinski definition) is 2. The normalized spacial score (nSPS) is 10.1. The van der Waals surface area contributed by atoms with E-state index in [0.29, 0.717) is 23.7 Å². The second-order valence-electron chi connectivity index (χ2n) is 4.42. The molecule has 1 aromatic carbocycles. The van der Waals surface area contributed by atoms with Crippen molar-refractivity contribution in [3.8, 4) is 5.88 Å². The molecule has 3 N–H and O–H groups in total. The van der Waals surface area contributed by atoms with Crippen LogP contribution in [0.2, 0.25) is 0 Å². The van der Waals surface area contributed by atoms with Crippen LogP contribution in [0, 0.1) is 0 Å². The highest BCUT2D eigenvalue weighted by Gasteiger charge is 2.06. The van der Waals surface area contributed by atoms with Crippen LogP contribution in [0.5, 0.6) is 5.88 Å². The van der Waals surface area contributed by atoms with Crippen LogP contribution in [-0.4, -0.2) is 17.9 Å². The predicted molar refractivity (Wildman–Crippen MR) is 79.0 cm³/mol. The molecule has 0 saturated carbocycles. The van der Waals surface area contributed by atoms with E-state index in [4.69, 9.17) is 10.5 Å². The molecule has 0 fully saturated rings. The number of ketones is 1. The largest absolute Gasteiger partial charge is 0.481 e. The Kier molecular flexibility index (Phi) is 4.20. The summed E-state index contributed by atoms with van der Waals surface area (Å²) in [5, 5.41) is 3.24. The molecule has 0 spiro atoms. The predicted octanol–water partition coefficient (Wildman–Crippen LogP) is 2.49. The number of pyridine rings is 1. The van der Waals surface area contributed by atoms with Gasteiger partial charge in [-0.15, -0.1) is 0 Å². The molecule has 5 heteroatoms. The van der Waals surface area contributed by atoms with Crippen molar-refractivity contribution in [2.24, 2.45) is 0 Å². The molecule has 0 radical (unpaired) electrons. The number of nitrogens with two attached hydrogens (primary N) is 1. The highest BCUT2D eigenvalue weighted by atomic mass is 16.5. The molecule has 0 atom stereocenters. The first-order valence-electron chi connectivity index (χ1n) is 6.23. The number of aromatic nitrogens is 1. The summed E-state index contributed by atoms with van der Waals surface area (Å²) < 4.78 is 5.07. The van der Waals surface area contributed by atoms with Crippen LogP contribution < -0.4 is 15.8 Å². The van der Waals surface area contributed by atoms with Crippen molar-refractivity contribution >= 4 is 17.2 Å². The standard InChI is InChI=1S/C15H17N3O2/c1-10(19)13-8-12(3-4-14(13)16)18-9-11-5-6-17-15(7-11)20-2/h3-8,18H,9,16H2,1-2H3. The van der Waals surface area contributed by atoms with Crippen LogP contribution in [0.1, 0.15) is 22.8 Å². The number of anilines is 2. The number of Topliss-reactive ketones (excluding diaryl/α,β-unsaturated/α-hetero) is 1. The Hall–Kier alpha value is -2.56. The third-order valence-corrected chi connectivity index (χ3v) is 2.94. The fraction of sp³-hybridized carbons (Fsp3) is 0.200. The summed E-state index contributed by atoms with van der Waals surface area (Å²) in [4.78, 5) is 15.5. The molecular weight excluding hydrogens is 254 g/mol. The van der Waals surface area contributed by atoms with Gasteiger partial charge in [-0.1, -0.05) is 0 Å². The highest BCUT2D eigenvalue weighted by molar-refractivity contribution is 6.00. The van der Waals surface area contributed by atoms with Gasteiger partial charge in [0.2, 0.25) is 5.88 Å². The van der Waals surface area contributed by atoms with Crippen LogP contribution in [0.3, 0.4) is 0 Å². The molecule has 2 rings (SSSR count). The SMILES string of the molecule is COc1cc(CNc2ccc(N)c(C(C)=O)c2)ccn1. The number of nitrogens with one attached hydrogen (secondary N) is 1. The summed E-state index contributed by atoms with van der Waals surface area (Å²) >= 11 is 0. The Balaban J connectivity index is 2.10. The molecule has 0 amide bonds. The van der Waals surface area contributed by atoms with Crippen LogP contribution in [0.15, 0.2) is 36.5 Å². The summed E-state index contributed by atoms with van der Waals surface area (Å²) in [6.07, 6.45) is 1.69. The molecule has 20 heavy (non-hydrogen) atoms. The van der Waals surface area contributed by atoms with Crippen molar-refractivity contribution in [2.45, 2.75) is 13.5 Å². The maximum Gasteiger partial charge on any atom is 0.213 e. The summed E-state index contributed by atoms with van der Waals surface area (Å²) in [5.74, 6) is 0.530. The Labute approximate surface area is 117 Å². The van der Waals surface area contributed by atoms with E-state index in [-0.39, 0.29) is 5.78 Å². The van der Waals surface area contributed by atoms with Gasteiger partial charge in [0, 0.05) is 35.7 Å². The van der Waals surface area contributed by atoms with Crippen LogP contribution in [0.25, 0.3) is 0 Å². The van der Waals surface area contributed by atoms with Crippen molar-refractivity contribution < 1.29 is 9.53 Å². The Morgan fingerprint density at radius 3 is 2.85 bits per heavy atom. The first kappa shape index (κ1) is 13.9. The molecule has 2 aromatic rings. The molecule has 5 nitrogen and oxygen atoms in total. The van der Waals surface area contributed by atoms with E-state index in [1.54, 1.807) is 25.4 Å². The number of carbonyl (C=O) groups is 1. The number of nitrogens with zero attached hydrogens (tertiary/aromatic N) is 1. The van der Waals surface area contributed by atoms with Gasteiger partial charge in [-0.25, -0.2) is 4.98 Å². The number of nitrogen functional groups attached to an aromatic ring is 1. The van der Waals surface area contributed by atoms with Gasteiger partial charge in [-0.3, -0.25) is 4.79 Å². The molecule has 0 saturated heterocycles. The zero-order valence-corrected chi connectivity index (χ0v) is 11.5. The lowest BCUT2D eigenvalue weighted by Crippen LogP contribution is -2.04. The molecule has 0 bridgehead atoms. The Morgan fingerprint density at radius 1 is 1.35 bits per heavy atom. The minimum Gasteiger partial charge on any atom is -0.481 e. The van der Waals surface area contributed by atoms with Crippen LogP contribution >= 0.6 is 0 Å². The molecule has 104 valence electrons. The summed E-state index contributed by atoms with van der Waals surface area (Å²) in [6.45, 7) is 2.11. The number of carbonyl (C=O) groups excluding carboxylic acids is 1. The highest BCUT2D eigenvalue weighted by Crippen LogP contribution is 2.19. The monoisotopic (exact) mass is 271 g/mol. The molecule has 0 unspecified atom stereocenters. The number of benzene rings is 1. The fourth-order valence-electron chi connectivity index (χ4n) is 1.85. The van der Waals surface area contributed by atoms with Crippen molar-refractivity contribution in [1.29, 1.82) is 0 Å². The zero-order chi connectivity index (χ0) is 14.5. The molecule has 0 aliphatic rings. The zero-order valence-electron chi connectivity index (χ0n) is 11.5. The number of ether oxygens (including phenoxy) is 1. The topological polar surface area (TPSA) is 77.2 Å². The second-order valence-corrected chi connectivity index (χ2v) is 4.42. The third kappa shape index (κ3) is 3.26. The van der Waals surface area contributed by atoms with E-state index in [1.807, 2.05) is 18.2 Å². The number of rotatable bonds is 5. The molecule has 0 aliphatic heterocycles. The van der Waals surface area contributed by atoms with Gasteiger partial charge in [0.25, 0.3) is 0 Å². The first-order valence-corrected chi connectivity index (χ1v) is 6.23. The van der Waals surface area contributed by atoms with E-state index >= 15 is 0 Å². The number of methoxy groups -OCH3 is 1. The van der Waals surface area contributed by atoms with E-state index < -0.39 is 0 Å². The summed E-state index contributed by atoms with van der Waals surface area (Å²) in [7, 11) is 1.58. The van der Waals surface area contributed by atoms with Gasteiger partial charge in [0.1, 0.15) is 0 Å². The molecular formula is C15H17N3O2. The van der Waals surface area contributed by atoms with Gasteiger partial charge in [-0.2, -0.15) is 0 Å².